The average molecular weight is 327 g/mol. The molecule has 3 fully saturated rings. The maximum atomic E-state index is 6.20. The Morgan fingerprint density at radius 2 is 1.70 bits per heavy atom. The third kappa shape index (κ3) is 4.24. The van der Waals surface area contributed by atoms with Crippen molar-refractivity contribution in [3.63, 3.8) is 0 Å². The molecule has 0 aromatic carbocycles. The molecule has 6 heteroatoms. The van der Waals surface area contributed by atoms with E-state index in [1.807, 2.05) is 0 Å². The van der Waals surface area contributed by atoms with Crippen LogP contribution < -0.4 is 0 Å². The second-order valence-corrected chi connectivity index (χ2v) is 7.58. The fraction of sp³-hybridized carbons (Fsp3) is 1.00. The van der Waals surface area contributed by atoms with E-state index >= 15 is 0 Å². The molecule has 0 spiro atoms. The van der Waals surface area contributed by atoms with Crippen LogP contribution >= 0.6 is 0 Å². The van der Waals surface area contributed by atoms with Gasteiger partial charge in [-0.2, -0.15) is 0 Å². The molecule has 3 aliphatic rings. The molecule has 0 amide bonds. The third-order valence-electron chi connectivity index (χ3n) is 5.79. The van der Waals surface area contributed by atoms with Crippen molar-refractivity contribution < 1.29 is 14.2 Å². The van der Waals surface area contributed by atoms with Crippen LogP contribution in [0.5, 0.6) is 0 Å². The van der Waals surface area contributed by atoms with Crippen LogP contribution in [0.15, 0.2) is 0 Å². The predicted octanol–water partition coefficient (Wildman–Crippen LogP) is 0.125. The van der Waals surface area contributed by atoms with Crippen molar-refractivity contribution in [1.29, 1.82) is 0 Å². The molecule has 0 aromatic rings. The van der Waals surface area contributed by atoms with Gasteiger partial charge in [-0.3, -0.25) is 9.80 Å². The minimum Gasteiger partial charge on any atom is -0.378 e. The first-order valence-electron chi connectivity index (χ1n) is 8.96. The Morgan fingerprint density at radius 1 is 0.913 bits per heavy atom. The van der Waals surface area contributed by atoms with Gasteiger partial charge < -0.3 is 19.1 Å². The maximum Gasteiger partial charge on any atom is 0.0976 e. The van der Waals surface area contributed by atoms with E-state index < -0.39 is 0 Å². The van der Waals surface area contributed by atoms with E-state index in [0.29, 0.717) is 18.1 Å². The van der Waals surface area contributed by atoms with Crippen molar-refractivity contribution in [2.45, 2.75) is 43.7 Å². The normalized spacial score (nSPS) is 42.0. The monoisotopic (exact) mass is 327 g/mol. The molecule has 3 aliphatic heterocycles. The van der Waals surface area contributed by atoms with Crippen LogP contribution in [0.2, 0.25) is 0 Å². The molecular weight excluding hydrogens is 294 g/mol. The molecule has 3 unspecified atom stereocenters. The van der Waals surface area contributed by atoms with Gasteiger partial charge in [0.1, 0.15) is 0 Å². The highest BCUT2D eigenvalue weighted by Gasteiger charge is 2.36. The van der Waals surface area contributed by atoms with E-state index in [0.717, 1.165) is 52.5 Å². The molecule has 0 bridgehead atoms. The van der Waals surface area contributed by atoms with Gasteiger partial charge in [-0.1, -0.05) is 0 Å². The summed E-state index contributed by atoms with van der Waals surface area (Å²) in [4.78, 5) is 7.25. The lowest BCUT2D eigenvalue weighted by atomic mass is 10.0. The molecule has 6 nitrogen and oxygen atoms in total. The number of rotatable bonds is 3. The van der Waals surface area contributed by atoms with Crippen molar-refractivity contribution in [3.8, 4) is 0 Å². The standard InChI is InChI=1S/C17H33N3O3/c1-13-10-21-11-15(20(13)4)7-14-12-23-17(9-19(14)3)16-8-18(2)5-6-22-16/h13-17H,5-12H2,1-4H3/t13-,14+,15?,16?,17?/m1/s1. The number of likely N-dealkylation sites (N-methyl/N-ethyl adjacent to an activating group) is 3. The number of hydrogen-bond acceptors (Lipinski definition) is 6. The second kappa shape index (κ2) is 7.76. The highest BCUT2D eigenvalue weighted by atomic mass is 16.5. The summed E-state index contributed by atoms with van der Waals surface area (Å²) in [6.07, 6.45) is 1.51. The zero-order valence-electron chi connectivity index (χ0n) is 15.1. The Hall–Kier alpha value is -0.240. The Kier molecular flexibility index (Phi) is 5.93. The third-order valence-corrected chi connectivity index (χ3v) is 5.79. The van der Waals surface area contributed by atoms with Gasteiger partial charge in [-0.25, -0.2) is 0 Å². The van der Waals surface area contributed by atoms with Crippen molar-refractivity contribution >= 4 is 0 Å². The highest BCUT2D eigenvalue weighted by molar-refractivity contribution is 4.89. The van der Waals surface area contributed by atoms with Gasteiger partial charge in [-0.15, -0.1) is 0 Å². The number of ether oxygens (including phenoxy) is 3. The summed E-state index contributed by atoms with van der Waals surface area (Å²) in [5.41, 5.74) is 0. The summed E-state index contributed by atoms with van der Waals surface area (Å²) in [7, 11) is 6.60. The smallest absolute Gasteiger partial charge is 0.0976 e. The summed E-state index contributed by atoms with van der Waals surface area (Å²) >= 11 is 0. The lowest BCUT2D eigenvalue weighted by molar-refractivity contribution is -0.150. The number of nitrogens with zero attached hydrogens (tertiary/aromatic N) is 3. The molecule has 0 aromatic heterocycles. The Labute approximate surface area is 140 Å². The molecule has 3 saturated heterocycles. The number of hydrogen-bond donors (Lipinski definition) is 0. The lowest BCUT2D eigenvalue weighted by Crippen LogP contribution is -2.58. The average Bonchev–Trinajstić information content (AvgIpc) is 2.53. The van der Waals surface area contributed by atoms with E-state index in [-0.39, 0.29) is 12.2 Å². The van der Waals surface area contributed by atoms with E-state index in [1.54, 1.807) is 0 Å². The first kappa shape index (κ1) is 17.6. The van der Waals surface area contributed by atoms with Crippen LogP contribution in [0.3, 0.4) is 0 Å². The molecular formula is C17H33N3O3. The molecule has 0 radical (unpaired) electrons. The molecule has 3 heterocycles. The zero-order valence-corrected chi connectivity index (χ0v) is 15.1. The number of morpholine rings is 3. The van der Waals surface area contributed by atoms with Gasteiger partial charge in [0.2, 0.25) is 0 Å². The van der Waals surface area contributed by atoms with Gasteiger partial charge >= 0.3 is 0 Å². The summed E-state index contributed by atoms with van der Waals surface area (Å²) < 4.78 is 17.9. The van der Waals surface area contributed by atoms with Crippen molar-refractivity contribution in [2.24, 2.45) is 0 Å². The minimum absolute atomic E-state index is 0.193. The first-order valence-corrected chi connectivity index (χ1v) is 8.96. The van der Waals surface area contributed by atoms with E-state index in [4.69, 9.17) is 14.2 Å². The maximum absolute atomic E-state index is 6.20. The Bertz CT molecular complexity index is 384. The topological polar surface area (TPSA) is 37.4 Å². The molecule has 0 aliphatic carbocycles. The fourth-order valence-corrected chi connectivity index (χ4v) is 3.87. The summed E-state index contributed by atoms with van der Waals surface area (Å²) in [5.74, 6) is 0. The minimum atomic E-state index is 0.193. The largest absolute Gasteiger partial charge is 0.378 e. The fourth-order valence-electron chi connectivity index (χ4n) is 3.87. The van der Waals surface area contributed by atoms with E-state index in [2.05, 4.69) is 42.8 Å². The van der Waals surface area contributed by atoms with Crippen molar-refractivity contribution in [2.75, 3.05) is 67.2 Å². The van der Waals surface area contributed by atoms with Crippen LogP contribution in [-0.2, 0) is 14.2 Å². The summed E-state index contributed by atoms with van der Waals surface area (Å²) in [6.45, 7) is 8.48. The van der Waals surface area contributed by atoms with Crippen molar-refractivity contribution in [3.05, 3.63) is 0 Å². The van der Waals surface area contributed by atoms with Gasteiger partial charge in [0, 0.05) is 37.8 Å². The van der Waals surface area contributed by atoms with Gasteiger partial charge in [0.15, 0.2) is 0 Å². The Balaban J connectivity index is 1.50. The summed E-state index contributed by atoms with van der Waals surface area (Å²) in [5, 5.41) is 0. The van der Waals surface area contributed by atoms with E-state index in [9.17, 15) is 0 Å². The lowest BCUT2D eigenvalue weighted by Gasteiger charge is -2.45. The Morgan fingerprint density at radius 3 is 2.43 bits per heavy atom. The molecule has 23 heavy (non-hydrogen) atoms. The quantitative estimate of drug-likeness (QED) is 0.733. The first-order chi connectivity index (χ1) is 11.0. The van der Waals surface area contributed by atoms with Crippen molar-refractivity contribution in [1.82, 2.24) is 14.7 Å². The van der Waals surface area contributed by atoms with Crippen LogP contribution in [0.25, 0.3) is 0 Å². The molecule has 0 N–H and O–H groups in total. The predicted molar refractivity (Wildman–Crippen MR) is 89.8 cm³/mol. The van der Waals surface area contributed by atoms with Crippen LogP contribution in [-0.4, -0.2) is 112 Å². The molecule has 3 rings (SSSR count). The second-order valence-electron chi connectivity index (χ2n) is 7.58. The molecule has 5 atom stereocenters. The van der Waals surface area contributed by atoms with Crippen LogP contribution in [0, 0.1) is 0 Å². The summed E-state index contributed by atoms with van der Waals surface area (Å²) in [6, 6.07) is 1.46. The van der Waals surface area contributed by atoms with Crippen LogP contribution in [0.1, 0.15) is 13.3 Å². The highest BCUT2D eigenvalue weighted by Crippen LogP contribution is 2.23. The van der Waals surface area contributed by atoms with Gasteiger partial charge in [0.25, 0.3) is 0 Å². The van der Waals surface area contributed by atoms with E-state index in [1.165, 1.54) is 0 Å². The SMILES string of the molecule is C[C@@H]1COCC(C[C@H]2COC(C3CN(C)CCO3)CN2C)N1C. The molecule has 0 saturated carbocycles. The van der Waals surface area contributed by atoms with Gasteiger partial charge in [0.05, 0.1) is 38.6 Å². The molecule has 134 valence electrons. The zero-order chi connectivity index (χ0) is 16.4. The van der Waals surface area contributed by atoms with Gasteiger partial charge in [-0.05, 0) is 34.5 Å². The van der Waals surface area contributed by atoms with Crippen LogP contribution in [0.4, 0.5) is 0 Å².